The second-order valence-corrected chi connectivity index (χ2v) is 3.77. The molecular weight excluding hydrogens is 204 g/mol. The number of ether oxygens (including phenoxy) is 1. The molecule has 1 aliphatic rings. The molecule has 0 aromatic carbocycles. The zero-order chi connectivity index (χ0) is 11.0. The van der Waals surface area contributed by atoms with Gasteiger partial charge in [-0.1, -0.05) is 6.08 Å². The SMILES string of the molecule is OC[C@H]1C=C[C@@H](n2ccc3cccnc32)O1. The van der Waals surface area contributed by atoms with Gasteiger partial charge in [-0.05, 0) is 24.3 Å². The van der Waals surface area contributed by atoms with Crippen LogP contribution in [-0.4, -0.2) is 27.4 Å². The number of rotatable bonds is 2. The summed E-state index contributed by atoms with van der Waals surface area (Å²) in [5.74, 6) is 0. The molecule has 82 valence electrons. The number of hydrogen-bond acceptors (Lipinski definition) is 3. The highest BCUT2D eigenvalue weighted by Gasteiger charge is 2.20. The average molecular weight is 216 g/mol. The highest BCUT2D eigenvalue weighted by Crippen LogP contribution is 2.25. The van der Waals surface area contributed by atoms with Gasteiger partial charge in [0.2, 0.25) is 0 Å². The Hall–Kier alpha value is -1.65. The minimum atomic E-state index is -0.203. The molecule has 0 radical (unpaired) electrons. The van der Waals surface area contributed by atoms with Crippen LogP contribution >= 0.6 is 0 Å². The Balaban J connectivity index is 1.98. The fraction of sp³-hybridized carbons (Fsp3) is 0.250. The van der Waals surface area contributed by atoms with Crippen LogP contribution in [0, 0.1) is 0 Å². The molecule has 0 unspecified atom stereocenters. The van der Waals surface area contributed by atoms with Crippen molar-refractivity contribution in [1.29, 1.82) is 0 Å². The first-order valence-corrected chi connectivity index (χ1v) is 5.25. The Morgan fingerprint density at radius 2 is 2.31 bits per heavy atom. The number of aliphatic hydroxyl groups is 1. The lowest BCUT2D eigenvalue weighted by Crippen LogP contribution is -2.15. The van der Waals surface area contributed by atoms with Crippen molar-refractivity contribution < 1.29 is 9.84 Å². The van der Waals surface area contributed by atoms with Gasteiger partial charge in [-0.2, -0.15) is 0 Å². The largest absolute Gasteiger partial charge is 0.393 e. The van der Waals surface area contributed by atoms with Crippen LogP contribution in [0.5, 0.6) is 0 Å². The summed E-state index contributed by atoms with van der Waals surface area (Å²) in [6.07, 6.45) is 7.16. The van der Waals surface area contributed by atoms with Gasteiger partial charge in [0.1, 0.15) is 11.8 Å². The Morgan fingerprint density at radius 3 is 3.12 bits per heavy atom. The van der Waals surface area contributed by atoms with Gasteiger partial charge in [0.25, 0.3) is 0 Å². The molecule has 3 heterocycles. The van der Waals surface area contributed by atoms with Gasteiger partial charge in [-0.3, -0.25) is 0 Å². The van der Waals surface area contributed by atoms with Crippen LogP contribution in [0.4, 0.5) is 0 Å². The van der Waals surface area contributed by atoms with E-state index in [9.17, 15) is 0 Å². The van der Waals surface area contributed by atoms with Gasteiger partial charge in [0.05, 0.1) is 6.61 Å². The van der Waals surface area contributed by atoms with Crippen molar-refractivity contribution in [2.24, 2.45) is 0 Å². The third-order valence-corrected chi connectivity index (χ3v) is 2.73. The molecule has 0 fully saturated rings. The van der Waals surface area contributed by atoms with Gasteiger partial charge >= 0.3 is 0 Å². The maximum absolute atomic E-state index is 8.99. The summed E-state index contributed by atoms with van der Waals surface area (Å²) >= 11 is 0. The van der Waals surface area contributed by atoms with Crippen LogP contribution in [0.25, 0.3) is 11.0 Å². The van der Waals surface area contributed by atoms with E-state index in [0.717, 1.165) is 11.0 Å². The summed E-state index contributed by atoms with van der Waals surface area (Å²) in [6.45, 7) is 0.0135. The van der Waals surface area contributed by atoms with E-state index in [-0.39, 0.29) is 18.9 Å². The molecule has 1 N–H and O–H groups in total. The Morgan fingerprint density at radius 1 is 1.38 bits per heavy atom. The minimum Gasteiger partial charge on any atom is -0.393 e. The number of fused-ring (bicyclic) bond motifs is 1. The zero-order valence-electron chi connectivity index (χ0n) is 8.65. The molecule has 0 amide bonds. The van der Waals surface area contributed by atoms with Crippen LogP contribution in [0.3, 0.4) is 0 Å². The lowest BCUT2D eigenvalue weighted by Gasteiger charge is -2.14. The second-order valence-electron chi connectivity index (χ2n) is 3.77. The molecule has 0 saturated heterocycles. The van der Waals surface area contributed by atoms with E-state index in [1.54, 1.807) is 6.20 Å². The molecule has 3 rings (SSSR count). The number of nitrogens with zero attached hydrogens (tertiary/aromatic N) is 2. The van der Waals surface area contributed by atoms with E-state index in [2.05, 4.69) is 4.98 Å². The standard InChI is InChI=1S/C12H12N2O2/c15-8-10-3-4-11(16-10)14-7-5-9-2-1-6-13-12(9)14/h1-7,10-11,15H,8H2/t10-,11+/m1/s1. The van der Waals surface area contributed by atoms with Gasteiger partial charge in [-0.15, -0.1) is 0 Å². The van der Waals surface area contributed by atoms with Crippen LogP contribution < -0.4 is 0 Å². The topological polar surface area (TPSA) is 47.3 Å². The molecule has 0 aliphatic carbocycles. The van der Waals surface area contributed by atoms with Gasteiger partial charge in [0.15, 0.2) is 6.23 Å². The first kappa shape index (κ1) is 9.57. The molecular formula is C12H12N2O2. The van der Waals surface area contributed by atoms with Crippen molar-refractivity contribution in [2.75, 3.05) is 6.61 Å². The van der Waals surface area contributed by atoms with E-state index < -0.39 is 0 Å². The zero-order valence-corrected chi connectivity index (χ0v) is 8.65. The molecule has 2 atom stereocenters. The smallest absolute Gasteiger partial charge is 0.155 e. The Labute approximate surface area is 92.8 Å². The van der Waals surface area contributed by atoms with E-state index in [1.807, 2.05) is 41.1 Å². The van der Waals surface area contributed by atoms with E-state index in [1.165, 1.54) is 0 Å². The summed E-state index contributed by atoms with van der Waals surface area (Å²) in [7, 11) is 0. The van der Waals surface area contributed by atoms with Crippen LogP contribution in [0.1, 0.15) is 6.23 Å². The maximum Gasteiger partial charge on any atom is 0.155 e. The molecule has 1 aliphatic heterocycles. The highest BCUT2D eigenvalue weighted by molar-refractivity contribution is 5.75. The summed E-state index contributed by atoms with van der Waals surface area (Å²) < 4.78 is 7.58. The third kappa shape index (κ3) is 1.43. The lowest BCUT2D eigenvalue weighted by molar-refractivity contribution is -0.00613. The summed E-state index contributed by atoms with van der Waals surface area (Å²) in [6, 6.07) is 5.93. The first-order valence-electron chi connectivity index (χ1n) is 5.25. The van der Waals surface area contributed by atoms with Crippen molar-refractivity contribution in [1.82, 2.24) is 9.55 Å². The first-order chi connectivity index (χ1) is 7.88. The van der Waals surface area contributed by atoms with Crippen molar-refractivity contribution in [2.45, 2.75) is 12.3 Å². The summed E-state index contributed by atoms with van der Waals surface area (Å²) in [4.78, 5) is 4.32. The number of pyridine rings is 1. The lowest BCUT2D eigenvalue weighted by atomic mass is 10.3. The average Bonchev–Trinajstić information content (AvgIpc) is 2.94. The molecule has 0 bridgehead atoms. The predicted octanol–water partition coefficient (Wildman–Crippen LogP) is 1.48. The van der Waals surface area contributed by atoms with Crippen LogP contribution in [0.2, 0.25) is 0 Å². The van der Waals surface area contributed by atoms with Gasteiger partial charge < -0.3 is 14.4 Å². The fourth-order valence-corrected chi connectivity index (χ4v) is 1.94. The quantitative estimate of drug-likeness (QED) is 0.773. The molecule has 2 aromatic heterocycles. The third-order valence-electron chi connectivity index (χ3n) is 2.73. The minimum absolute atomic E-state index is 0.0135. The van der Waals surface area contributed by atoms with Crippen molar-refractivity contribution >= 4 is 11.0 Å². The number of hydrogen-bond donors (Lipinski definition) is 1. The monoisotopic (exact) mass is 216 g/mol. The summed E-state index contributed by atoms with van der Waals surface area (Å²) in [5, 5.41) is 10.1. The molecule has 4 heteroatoms. The second kappa shape index (κ2) is 3.73. The fourth-order valence-electron chi connectivity index (χ4n) is 1.94. The molecule has 2 aromatic rings. The van der Waals surface area contributed by atoms with Crippen molar-refractivity contribution in [3.8, 4) is 0 Å². The van der Waals surface area contributed by atoms with E-state index in [4.69, 9.17) is 9.84 Å². The predicted molar refractivity (Wildman–Crippen MR) is 59.9 cm³/mol. The Kier molecular flexibility index (Phi) is 2.23. The molecule has 16 heavy (non-hydrogen) atoms. The van der Waals surface area contributed by atoms with Gasteiger partial charge in [-0.25, -0.2) is 4.98 Å². The van der Waals surface area contributed by atoms with Crippen LogP contribution in [-0.2, 0) is 4.74 Å². The highest BCUT2D eigenvalue weighted by atomic mass is 16.5. The van der Waals surface area contributed by atoms with Gasteiger partial charge in [0, 0.05) is 17.8 Å². The normalized spacial score (nSPS) is 24.3. The van der Waals surface area contributed by atoms with E-state index >= 15 is 0 Å². The van der Waals surface area contributed by atoms with E-state index in [0.29, 0.717) is 0 Å². The molecule has 0 spiro atoms. The number of aromatic nitrogens is 2. The van der Waals surface area contributed by atoms with Crippen molar-refractivity contribution in [3.05, 3.63) is 42.7 Å². The van der Waals surface area contributed by atoms with Crippen LogP contribution in [0.15, 0.2) is 42.7 Å². The number of aliphatic hydroxyl groups excluding tert-OH is 1. The Bertz CT molecular complexity index is 533. The maximum atomic E-state index is 8.99. The van der Waals surface area contributed by atoms with Crippen molar-refractivity contribution in [3.63, 3.8) is 0 Å². The summed E-state index contributed by atoms with van der Waals surface area (Å²) in [5.41, 5.74) is 0.899. The molecule has 4 nitrogen and oxygen atoms in total. The molecule has 0 saturated carbocycles.